The van der Waals surface area contributed by atoms with Crippen LogP contribution in [0.4, 0.5) is 0 Å². The first-order valence-corrected chi connectivity index (χ1v) is 6.78. The van der Waals surface area contributed by atoms with Crippen molar-refractivity contribution in [3.05, 3.63) is 39.4 Å². The number of hydrogen-bond acceptors (Lipinski definition) is 5. The molecule has 0 aliphatic heterocycles. The molecule has 0 amide bonds. The molecule has 2 rings (SSSR count). The monoisotopic (exact) mass is 307 g/mol. The van der Waals surface area contributed by atoms with E-state index in [0.717, 1.165) is 5.56 Å². The van der Waals surface area contributed by atoms with E-state index in [9.17, 15) is 4.79 Å². The molecule has 7 heteroatoms. The highest BCUT2D eigenvalue weighted by Crippen LogP contribution is 2.31. The number of nitrogens with zero attached hydrogens (tertiary/aromatic N) is 1. The fraction of sp³-hybridized carbons (Fsp3) is 0.286. The maximum absolute atomic E-state index is 11.7. The van der Waals surface area contributed by atoms with Gasteiger partial charge < -0.3 is 19.8 Å². The maximum Gasteiger partial charge on any atom is 0.252 e. The fourth-order valence-corrected chi connectivity index (χ4v) is 2.40. The molecular weight excluding hydrogens is 290 g/mol. The zero-order valence-electron chi connectivity index (χ0n) is 11.9. The quantitative estimate of drug-likeness (QED) is 0.819. The molecule has 21 heavy (non-hydrogen) atoms. The molecule has 0 unspecified atom stereocenters. The summed E-state index contributed by atoms with van der Waals surface area (Å²) in [4.78, 5) is 14.3. The predicted molar refractivity (Wildman–Crippen MR) is 83.5 cm³/mol. The fourth-order valence-electron chi connectivity index (χ4n) is 2.11. The van der Waals surface area contributed by atoms with E-state index in [0.29, 0.717) is 35.1 Å². The number of rotatable bonds is 5. The van der Waals surface area contributed by atoms with Crippen LogP contribution in [-0.4, -0.2) is 30.3 Å². The lowest BCUT2D eigenvalue weighted by atomic mass is 10.1. The van der Waals surface area contributed by atoms with Crippen molar-refractivity contribution >= 4 is 12.2 Å². The van der Waals surface area contributed by atoms with E-state index in [1.807, 2.05) is 6.07 Å². The third kappa shape index (κ3) is 3.14. The summed E-state index contributed by atoms with van der Waals surface area (Å²) in [5.41, 5.74) is 6.85. The average molecular weight is 307 g/mol. The van der Waals surface area contributed by atoms with Gasteiger partial charge in [-0.3, -0.25) is 9.78 Å². The Bertz CT molecular complexity index is 752. The lowest BCUT2D eigenvalue weighted by Crippen LogP contribution is -2.18. The highest BCUT2D eigenvalue weighted by molar-refractivity contribution is 7.71. The normalized spacial score (nSPS) is 10.4. The maximum atomic E-state index is 11.7. The Hall–Kier alpha value is -2.12. The summed E-state index contributed by atoms with van der Waals surface area (Å²) in [6.07, 6.45) is 0. The number of aromatic nitrogens is 2. The van der Waals surface area contributed by atoms with Crippen molar-refractivity contribution in [3.63, 3.8) is 0 Å². The van der Waals surface area contributed by atoms with E-state index >= 15 is 0 Å². The first-order valence-electron chi connectivity index (χ1n) is 6.37. The van der Waals surface area contributed by atoms with Crippen LogP contribution < -0.4 is 20.8 Å². The Morgan fingerprint density at radius 2 is 1.95 bits per heavy atom. The van der Waals surface area contributed by atoms with Crippen LogP contribution >= 0.6 is 12.2 Å². The highest BCUT2D eigenvalue weighted by Gasteiger charge is 2.10. The molecule has 0 radical (unpaired) electrons. The molecule has 2 aromatic rings. The van der Waals surface area contributed by atoms with Crippen molar-refractivity contribution in [1.82, 2.24) is 9.55 Å². The van der Waals surface area contributed by atoms with Gasteiger partial charge in [-0.25, -0.2) is 0 Å². The first-order chi connectivity index (χ1) is 10.1. The van der Waals surface area contributed by atoms with Gasteiger partial charge in [0, 0.05) is 24.7 Å². The summed E-state index contributed by atoms with van der Waals surface area (Å²) in [5, 5.41) is 0. The average Bonchev–Trinajstić information content (AvgIpc) is 2.49. The second kappa shape index (κ2) is 6.55. The molecule has 0 bridgehead atoms. The van der Waals surface area contributed by atoms with Crippen LogP contribution in [0.1, 0.15) is 0 Å². The summed E-state index contributed by atoms with van der Waals surface area (Å²) < 4.78 is 12.6. The number of aromatic amines is 1. The second-order valence-corrected chi connectivity index (χ2v) is 4.72. The highest BCUT2D eigenvalue weighted by atomic mass is 32.1. The number of nitrogens with one attached hydrogen (secondary N) is 1. The van der Waals surface area contributed by atoms with Crippen molar-refractivity contribution in [2.75, 3.05) is 20.8 Å². The third-order valence-corrected chi connectivity index (χ3v) is 3.39. The first kappa shape index (κ1) is 15.3. The van der Waals surface area contributed by atoms with Crippen LogP contribution in [0.25, 0.3) is 11.3 Å². The van der Waals surface area contributed by atoms with Crippen molar-refractivity contribution in [1.29, 1.82) is 0 Å². The smallest absolute Gasteiger partial charge is 0.252 e. The van der Waals surface area contributed by atoms with Gasteiger partial charge in [-0.15, -0.1) is 0 Å². The standard InChI is InChI=1S/C14H17N3O3S/c1-19-11-4-3-9(7-12(11)20-2)10-8-13(18)16-14(21)17(10)6-5-15/h3-4,7-8H,5-6,15H2,1-2H3,(H,16,18,21). The summed E-state index contributed by atoms with van der Waals surface area (Å²) >= 11 is 5.20. The number of hydrogen-bond donors (Lipinski definition) is 2. The number of benzene rings is 1. The van der Waals surface area contributed by atoms with Crippen LogP contribution in [0.3, 0.4) is 0 Å². The molecule has 1 aromatic heterocycles. The zero-order chi connectivity index (χ0) is 15.4. The van der Waals surface area contributed by atoms with Gasteiger partial charge in [-0.2, -0.15) is 0 Å². The van der Waals surface area contributed by atoms with Crippen molar-refractivity contribution in [2.24, 2.45) is 5.73 Å². The SMILES string of the molecule is COc1ccc(-c2cc(=O)[nH]c(=S)n2CCN)cc1OC. The van der Waals surface area contributed by atoms with E-state index in [2.05, 4.69) is 4.98 Å². The Labute approximate surface area is 127 Å². The van der Waals surface area contributed by atoms with Gasteiger partial charge in [-0.1, -0.05) is 0 Å². The Morgan fingerprint density at radius 3 is 2.57 bits per heavy atom. The minimum atomic E-state index is -0.252. The largest absolute Gasteiger partial charge is 0.493 e. The molecule has 6 nitrogen and oxygen atoms in total. The van der Waals surface area contributed by atoms with Crippen LogP contribution in [-0.2, 0) is 6.54 Å². The van der Waals surface area contributed by atoms with Gasteiger partial charge in [-0.05, 0) is 30.4 Å². The van der Waals surface area contributed by atoms with Gasteiger partial charge in [0.2, 0.25) is 0 Å². The molecule has 0 saturated heterocycles. The minimum absolute atomic E-state index is 0.252. The Morgan fingerprint density at radius 1 is 1.24 bits per heavy atom. The van der Waals surface area contributed by atoms with Gasteiger partial charge in [0.25, 0.3) is 5.56 Å². The van der Waals surface area contributed by atoms with Gasteiger partial charge >= 0.3 is 0 Å². The van der Waals surface area contributed by atoms with E-state index in [1.54, 1.807) is 30.9 Å². The summed E-state index contributed by atoms with van der Waals surface area (Å²) in [5.74, 6) is 1.20. The van der Waals surface area contributed by atoms with Crippen LogP contribution in [0.5, 0.6) is 11.5 Å². The van der Waals surface area contributed by atoms with E-state index < -0.39 is 0 Å². The molecule has 0 spiro atoms. The third-order valence-electron chi connectivity index (χ3n) is 3.07. The van der Waals surface area contributed by atoms with E-state index in [-0.39, 0.29) is 5.56 Å². The minimum Gasteiger partial charge on any atom is -0.493 e. The molecule has 0 saturated carbocycles. The van der Waals surface area contributed by atoms with Crippen molar-refractivity contribution < 1.29 is 9.47 Å². The Balaban J connectivity index is 2.66. The summed E-state index contributed by atoms with van der Waals surface area (Å²) in [7, 11) is 3.13. The molecule has 0 aliphatic rings. The molecule has 0 fully saturated rings. The van der Waals surface area contributed by atoms with Crippen molar-refractivity contribution in [2.45, 2.75) is 6.54 Å². The van der Waals surface area contributed by atoms with E-state index in [1.165, 1.54) is 6.07 Å². The van der Waals surface area contributed by atoms with Gasteiger partial charge in [0.15, 0.2) is 16.3 Å². The molecule has 0 atom stereocenters. The van der Waals surface area contributed by atoms with Gasteiger partial charge in [0.1, 0.15) is 0 Å². The lowest BCUT2D eigenvalue weighted by molar-refractivity contribution is 0.355. The molecule has 112 valence electrons. The molecule has 3 N–H and O–H groups in total. The number of nitrogens with two attached hydrogens (primary N) is 1. The predicted octanol–water partition coefficient (Wildman–Crippen LogP) is 1.55. The molecule has 1 aromatic carbocycles. The zero-order valence-corrected chi connectivity index (χ0v) is 12.7. The summed E-state index contributed by atoms with van der Waals surface area (Å²) in [6, 6.07) is 6.92. The van der Waals surface area contributed by atoms with Crippen LogP contribution in [0.15, 0.2) is 29.1 Å². The van der Waals surface area contributed by atoms with Crippen LogP contribution in [0.2, 0.25) is 0 Å². The molecule has 0 aliphatic carbocycles. The van der Waals surface area contributed by atoms with E-state index in [4.69, 9.17) is 27.4 Å². The second-order valence-electron chi connectivity index (χ2n) is 4.33. The number of H-pyrrole nitrogens is 1. The molecular formula is C14H17N3O3S. The van der Waals surface area contributed by atoms with Gasteiger partial charge in [0.05, 0.1) is 19.9 Å². The number of methoxy groups -OCH3 is 2. The number of ether oxygens (including phenoxy) is 2. The Kier molecular flexibility index (Phi) is 4.77. The molecule has 1 heterocycles. The lowest BCUT2D eigenvalue weighted by Gasteiger charge is -2.14. The van der Waals surface area contributed by atoms with Crippen LogP contribution in [0, 0.1) is 4.77 Å². The topological polar surface area (TPSA) is 82.3 Å². The van der Waals surface area contributed by atoms with Crippen molar-refractivity contribution in [3.8, 4) is 22.8 Å². The summed E-state index contributed by atoms with van der Waals surface area (Å²) in [6.45, 7) is 0.930.